The van der Waals surface area contributed by atoms with Crippen LogP contribution in [0.1, 0.15) is 82.1 Å². The number of hydrogen-bond donors (Lipinski definition) is 5. The van der Waals surface area contributed by atoms with Crippen molar-refractivity contribution in [2.75, 3.05) is 21.3 Å². The summed E-state index contributed by atoms with van der Waals surface area (Å²) in [7, 11) is 4.04. The number of nitrogens with one attached hydrogen (secondary N) is 5. The fourth-order valence-electron chi connectivity index (χ4n) is 7.16. The van der Waals surface area contributed by atoms with Gasteiger partial charge in [0.25, 0.3) is 0 Å². The Morgan fingerprint density at radius 3 is 1.38 bits per heavy atom. The summed E-state index contributed by atoms with van der Waals surface area (Å²) in [5.74, 6) is -5.30. The Morgan fingerprint density at radius 1 is 0.603 bits per heavy atom. The largest absolute Gasteiger partial charge is 0.467 e. The van der Waals surface area contributed by atoms with E-state index in [0.29, 0.717) is 0 Å². The number of methoxy groups -OCH3 is 3. The summed E-state index contributed by atoms with van der Waals surface area (Å²) in [5.41, 5.74) is -0.816. The van der Waals surface area contributed by atoms with Crippen LogP contribution in [0.2, 0.25) is 0 Å². The maximum atomic E-state index is 13.8. The Balaban J connectivity index is 1.49. The van der Waals surface area contributed by atoms with Crippen LogP contribution in [-0.2, 0) is 71.3 Å². The Morgan fingerprint density at radius 2 is 1.00 bits per heavy atom. The number of carbonyl (C=O) groups excluding carboxylic acids is 6. The zero-order valence-corrected chi connectivity index (χ0v) is 35.5. The SMILES string of the molecule is COC(=O)[C@H](C)NC(=O)C[C@H](NC(=O)[C@H](C)NC(=O)C[C@H](NC(=O)[C@H](C)NC(=O)OC(C)(C)C)[C@H]1O[C@@H]2OC(C)(C)O[C@@H]2[C@H]1OC)[C@H]1O[C@@H]2OC(C)(C)O[C@@H]2[C@H]1OC. The quantitative estimate of drug-likeness (QED) is 0.124. The van der Waals surface area contributed by atoms with Gasteiger partial charge in [0.15, 0.2) is 24.2 Å². The van der Waals surface area contributed by atoms with Gasteiger partial charge in [0.1, 0.15) is 60.4 Å². The minimum absolute atomic E-state index is 0.370. The van der Waals surface area contributed by atoms with Crippen LogP contribution >= 0.6 is 0 Å². The van der Waals surface area contributed by atoms with E-state index in [4.69, 9.17) is 47.4 Å². The van der Waals surface area contributed by atoms with Gasteiger partial charge in [-0.1, -0.05) is 0 Å². The molecule has 4 saturated heterocycles. The third-order valence-corrected chi connectivity index (χ3v) is 9.69. The van der Waals surface area contributed by atoms with E-state index in [2.05, 4.69) is 26.6 Å². The highest BCUT2D eigenvalue weighted by Crippen LogP contribution is 2.41. The third kappa shape index (κ3) is 12.0. The highest BCUT2D eigenvalue weighted by atomic mass is 16.9. The number of fused-ring (bicyclic) bond motifs is 2. The zero-order chi connectivity index (χ0) is 43.5. The monoisotopic (exact) mass is 831 g/mol. The molecule has 0 aromatic rings. The van der Waals surface area contributed by atoms with Gasteiger partial charge < -0.3 is 74.0 Å². The molecular formula is C37H61N5O16. The van der Waals surface area contributed by atoms with E-state index in [1.165, 1.54) is 42.1 Å². The second kappa shape index (κ2) is 18.7. The summed E-state index contributed by atoms with van der Waals surface area (Å²) >= 11 is 0. The molecule has 0 spiro atoms. The predicted molar refractivity (Wildman–Crippen MR) is 198 cm³/mol. The molecule has 4 rings (SSSR count). The molecule has 0 aliphatic carbocycles. The van der Waals surface area contributed by atoms with Crippen LogP contribution in [0.15, 0.2) is 0 Å². The van der Waals surface area contributed by atoms with Gasteiger partial charge in [-0.2, -0.15) is 0 Å². The summed E-state index contributed by atoms with van der Waals surface area (Å²) in [4.78, 5) is 78.5. The fraction of sp³-hybridized carbons (Fsp3) is 0.838. The third-order valence-electron chi connectivity index (χ3n) is 9.69. The summed E-state index contributed by atoms with van der Waals surface area (Å²) in [6.07, 6.45) is -8.28. The normalized spacial score (nSPS) is 30.7. The summed E-state index contributed by atoms with van der Waals surface area (Å²) in [5, 5.41) is 13.2. The van der Waals surface area contributed by atoms with Gasteiger partial charge in [-0.3, -0.25) is 19.2 Å². The van der Waals surface area contributed by atoms with Crippen molar-refractivity contribution >= 4 is 35.7 Å². The van der Waals surface area contributed by atoms with Crippen molar-refractivity contribution in [1.29, 1.82) is 0 Å². The van der Waals surface area contributed by atoms with Gasteiger partial charge >= 0.3 is 12.1 Å². The Hall–Kier alpha value is -3.70. The van der Waals surface area contributed by atoms with E-state index >= 15 is 0 Å². The molecule has 4 aliphatic heterocycles. The lowest BCUT2D eigenvalue weighted by Gasteiger charge is -2.32. The van der Waals surface area contributed by atoms with Gasteiger partial charge in [0.05, 0.1) is 19.2 Å². The van der Waals surface area contributed by atoms with Crippen molar-refractivity contribution in [3.8, 4) is 0 Å². The number of hydrogen-bond acceptors (Lipinski definition) is 16. The lowest BCUT2D eigenvalue weighted by molar-refractivity contribution is -0.220. The first kappa shape index (κ1) is 47.0. The smallest absolute Gasteiger partial charge is 0.408 e. The average molecular weight is 832 g/mol. The number of alkyl carbamates (subject to hydrolysis) is 1. The average Bonchev–Trinajstić information content (AvgIpc) is 3.79. The molecule has 330 valence electrons. The molecule has 0 unspecified atom stereocenters. The molecule has 0 saturated carbocycles. The fourth-order valence-corrected chi connectivity index (χ4v) is 7.16. The van der Waals surface area contributed by atoms with Crippen molar-refractivity contribution in [3.63, 3.8) is 0 Å². The van der Waals surface area contributed by atoms with Crippen molar-refractivity contribution in [2.24, 2.45) is 0 Å². The molecule has 21 nitrogen and oxygen atoms in total. The molecule has 5 amide bonds. The van der Waals surface area contributed by atoms with Crippen LogP contribution in [0.25, 0.3) is 0 Å². The van der Waals surface area contributed by atoms with Gasteiger partial charge in [-0.05, 0) is 69.2 Å². The number of esters is 1. The van der Waals surface area contributed by atoms with E-state index in [-0.39, 0.29) is 6.42 Å². The topological polar surface area (TPSA) is 255 Å². The molecule has 4 fully saturated rings. The lowest BCUT2D eigenvalue weighted by atomic mass is 9.99. The zero-order valence-electron chi connectivity index (χ0n) is 35.5. The van der Waals surface area contributed by atoms with Gasteiger partial charge in [-0.25, -0.2) is 9.59 Å². The van der Waals surface area contributed by atoms with Crippen LogP contribution in [-0.4, -0.2) is 154 Å². The Bertz CT molecular complexity index is 1520. The summed E-state index contributed by atoms with van der Waals surface area (Å²) in [6.45, 7) is 16.2. The number of rotatable bonds is 16. The standard InChI is InChI=1S/C37H61N5O16/c1-16(29(45)41-20(15-22(44)39-18(3)31(47)51-13)24-26(50-12)28-33(53-24)57-37(9,10)55-28)38-21(43)14-19(42-30(46)17(2)40-34(48)58-35(4,5)6)23-25(49-11)27-32(52-23)56-36(7,8)54-27/h16-20,23-28,32-33H,14-15H2,1-13H3,(H,38,43)(H,39,44)(H,40,48)(H,41,45)(H,42,46)/t16-,17-,18-,19-,20-,23+,24+,25-,26-,27+,28+,32+,33+/m0/s1. The Labute approximate surface area is 338 Å². The molecular weight excluding hydrogens is 770 g/mol. The maximum absolute atomic E-state index is 13.8. The number of carbonyl (C=O) groups is 6. The minimum Gasteiger partial charge on any atom is -0.467 e. The number of ether oxygens (including phenoxy) is 10. The van der Waals surface area contributed by atoms with Gasteiger partial charge in [0, 0.05) is 27.1 Å². The van der Waals surface area contributed by atoms with Crippen LogP contribution in [0, 0.1) is 0 Å². The number of amides is 5. The maximum Gasteiger partial charge on any atom is 0.408 e. The van der Waals surface area contributed by atoms with Gasteiger partial charge in [-0.15, -0.1) is 0 Å². The second-order valence-corrected chi connectivity index (χ2v) is 16.6. The molecule has 4 aliphatic rings. The van der Waals surface area contributed by atoms with E-state index in [9.17, 15) is 28.8 Å². The van der Waals surface area contributed by atoms with Crippen molar-refractivity contribution in [2.45, 2.75) is 179 Å². The summed E-state index contributed by atoms with van der Waals surface area (Å²) < 4.78 is 57.5. The van der Waals surface area contributed by atoms with Crippen LogP contribution in [0.5, 0.6) is 0 Å². The van der Waals surface area contributed by atoms with E-state index in [1.54, 1.807) is 48.5 Å². The summed E-state index contributed by atoms with van der Waals surface area (Å²) in [6, 6.07) is -5.43. The molecule has 5 N–H and O–H groups in total. The van der Waals surface area contributed by atoms with Crippen LogP contribution in [0.4, 0.5) is 4.79 Å². The highest BCUT2D eigenvalue weighted by Gasteiger charge is 2.59. The van der Waals surface area contributed by atoms with Crippen LogP contribution < -0.4 is 26.6 Å². The predicted octanol–water partition coefficient (Wildman–Crippen LogP) is -0.385. The van der Waals surface area contributed by atoms with E-state index in [0.717, 1.165) is 0 Å². The first-order valence-electron chi connectivity index (χ1n) is 19.2. The second-order valence-electron chi connectivity index (χ2n) is 16.6. The van der Waals surface area contributed by atoms with Gasteiger partial charge in [0.2, 0.25) is 23.6 Å². The minimum atomic E-state index is -1.20. The molecule has 13 atom stereocenters. The molecule has 21 heteroatoms. The van der Waals surface area contributed by atoms with Crippen LogP contribution in [0.3, 0.4) is 0 Å². The molecule has 0 radical (unpaired) electrons. The molecule has 0 bridgehead atoms. The molecule has 0 aromatic heterocycles. The first-order chi connectivity index (χ1) is 26.9. The highest BCUT2D eigenvalue weighted by molar-refractivity contribution is 5.90. The Kier molecular flexibility index (Phi) is 15.1. The molecule has 0 aromatic carbocycles. The lowest BCUT2D eigenvalue weighted by Crippen LogP contribution is -2.58. The molecule has 58 heavy (non-hydrogen) atoms. The van der Waals surface area contributed by atoms with E-state index < -0.39 is 139 Å². The van der Waals surface area contributed by atoms with Crippen molar-refractivity contribution < 1.29 is 76.1 Å². The first-order valence-corrected chi connectivity index (χ1v) is 19.2. The van der Waals surface area contributed by atoms with Crippen molar-refractivity contribution in [1.82, 2.24) is 26.6 Å². The molecule has 4 heterocycles. The van der Waals surface area contributed by atoms with E-state index in [1.807, 2.05) is 0 Å². The van der Waals surface area contributed by atoms with Crippen molar-refractivity contribution in [3.05, 3.63) is 0 Å².